The van der Waals surface area contributed by atoms with Gasteiger partial charge in [-0.15, -0.1) is 16.8 Å². The first-order valence-corrected chi connectivity index (χ1v) is 11.6. The third kappa shape index (κ3) is 6.79. The Bertz CT molecular complexity index is 1110. The lowest BCUT2D eigenvalue weighted by Gasteiger charge is -2.10. The number of anilines is 1. The van der Waals surface area contributed by atoms with Gasteiger partial charge in [-0.3, -0.25) is 14.2 Å². The fourth-order valence-electron chi connectivity index (χ4n) is 3.06. The van der Waals surface area contributed by atoms with Gasteiger partial charge in [0.25, 0.3) is 0 Å². The normalized spacial score (nSPS) is 10.8. The molecule has 7 nitrogen and oxygen atoms in total. The fourth-order valence-corrected chi connectivity index (χ4v) is 3.82. The van der Waals surface area contributed by atoms with E-state index in [0.29, 0.717) is 34.7 Å². The van der Waals surface area contributed by atoms with Crippen LogP contribution >= 0.6 is 11.8 Å². The van der Waals surface area contributed by atoms with E-state index < -0.39 is 0 Å². The van der Waals surface area contributed by atoms with Crippen molar-refractivity contribution in [3.05, 3.63) is 78.1 Å². The molecule has 1 N–H and O–H groups in total. The van der Waals surface area contributed by atoms with Gasteiger partial charge in [0.15, 0.2) is 16.8 Å². The molecule has 0 aliphatic heterocycles. The number of hydrogen-bond acceptors (Lipinski definition) is 6. The van der Waals surface area contributed by atoms with Crippen LogP contribution in [0.25, 0.3) is 0 Å². The number of amides is 1. The molecule has 3 aromatic rings. The predicted molar refractivity (Wildman–Crippen MR) is 131 cm³/mol. The molecule has 3 rings (SSSR count). The number of ketones is 1. The highest BCUT2D eigenvalue weighted by Gasteiger charge is 2.14. The van der Waals surface area contributed by atoms with E-state index in [1.54, 1.807) is 30.3 Å². The lowest BCUT2D eigenvalue weighted by Crippen LogP contribution is -2.15. The number of nitrogens with one attached hydrogen (secondary N) is 1. The monoisotopic (exact) mass is 464 g/mol. The van der Waals surface area contributed by atoms with Crippen LogP contribution in [0.15, 0.2) is 66.3 Å². The summed E-state index contributed by atoms with van der Waals surface area (Å²) in [5, 5.41) is 11.9. The number of Topliss-reactive ketones (excluding diaryl/α,β-unsaturated/α-hetero) is 1. The standard InChI is InChI=1S/C25H28N4O3S/c1-5-14-29-23(15-32-22-12-8-19(9-13-22)17(2)3)27-28-25(29)33-16-24(31)26-21-10-6-20(7-11-21)18(4)30/h5-13,17H,1,14-16H2,2-4H3,(H,26,31). The third-order valence-corrected chi connectivity index (χ3v) is 5.89. The van der Waals surface area contributed by atoms with E-state index >= 15 is 0 Å². The second-order valence-electron chi connectivity index (χ2n) is 7.78. The topological polar surface area (TPSA) is 86.1 Å². The molecule has 0 aliphatic rings. The van der Waals surface area contributed by atoms with Crippen molar-refractivity contribution < 1.29 is 14.3 Å². The quantitative estimate of drug-likeness (QED) is 0.241. The van der Waals surface area contributed by atoms with Gasteiger partial charge < -0.3 is 10.1 Å². The number of carbonyl (C=O) groups excluding carboxylic acids is 2. The summed E-state index contributed by atoms with van der Waals surface area (Å²) >= 11 is 1.29. The summed E-state index contributed by atoms with van der Waals surface area (Å²) < 4.78 is 7.77. The van der Waals surface area contributed by atoms with Crippen LogP contribution in [0.2, 0.25) is 0 Å². The number of thioether (sulfide) groups is 1. The summed E-state index contributed by atoms with van der Waals surface area (Å²) in [6.07, 6.45) is 1.75. The molecule has 1 heterocycles. The number of rotatable bonds is 11. The lowest BCUT2D eigenvalue weighted by atomic mass is 10.0. The van der Waals surface area contributed by atoms with E-state index in [4.69, 9.17) is 4.74 Å². The molecular formula is C25H28N4O3S. The van der Waals surface area contributed by atoms with Crippen molar-refractivity contribution in [2.75, 3.05) is 11.1 Å². The Labute approximate surface area is 198 Å². The molecule has 0 aliphatic carbocycles. The highest BCUT2D eigenvalue weighted by atomic mass is 32.2. The van der Waals surface area contributed by atoms with Crippen LogP contribution in [0, 0.1) is 0 Å². The number of hydrogen-bond donors (Lipinski definition) is 1. The van der Waals surface area contributed by atoms with E-state index in [1.807, 2.05) is 16.7 Å². The van der Waals surface area contributed by atoms with Crippen molar-refractivity contribution >= 4 is 29.1 Å². The lowest BCUT2D eigenvalue weighted by molar-refractivity contribution is -0.113. The molecule has 0 spiro atoms. The first kappa shape index (κ1) is 24.3. The van der Waals surface area contributed by atoms with Gasteiger partial charge in [0.2, 0.25) is 5.91 Å². The van der Waals surface area contributed by atoms with Crippen LogP contribution in [0.4, 0.5) is 5.69 Å². The largest absolute Gasteiger partial charge is 0.486 e. The van der Waals surface area contributed by atoms with Crippen molar-refractivity contribution in [1.29, 1.82) is 0 Å². The Hall–Kier alpha value is -3.39. The summed E-state index contributed by atoms with van der Waals surface area (Å²) in [5.74, 6) is 1.86. The molecule has 0 atom stereocenters. The highest BCUT2D eigenvalue weighted by molar-refractivity contribution is 7.99. The zero-order valence-electron chi connectivity index (χ0n) is 19.1. The highest BCUT2D eigenvalue weighted by Crippen LogP contribution is 2.21. The second kappa shape index (κ2) is 11.5. The summed E-state index contributed by atoms with van der Waals surface area (Å²) in [6, 6.07) is 14.8. The maximum atomic E-state index is 12.4. The minimum atomic E-state index is -0.174. The Morgan fingerprint density at radius 1 is 1.12 bits per heavy atom. The average Bonchev–Trinajstić information content (AvgIpc) is 3.18. The van der Waals surface area contributed by atoms with Crippen molar-refractivity contribution in [3.8, 4) is 5.75 Å². The molecule has 33 heavy (non-hydrogen) atoms. The van der Waals surface area contributed by atoms with Gasteiger partial charge in [0, 0.05) is 17.8 Å². The van der Waals surface area contributed by atoms with Gasteiger partial charge in [0.05, 0.1) is 5.75 Å². The smallest absolute Gasteiger partial charge is 0.234 e. The van der Waals surface area contributed by atoms with Crippen LogP contribution in [0.5, 0.6) is 5.75 Å². The number of carbonyl (C=O) groups is 2. The van der Waals surface area contributed by atoms with Crippen LogP contribution in [0.1, 0.15) is 48.4 Å². The molecule has 2 aromatic carbocycles. The zero-order chi connectivity index (χ0) is 23.8. The van der Waals surface area contributed by atoms with Crippen molar-refractivity contribution in [2.24, 2.45) is 0 Å². The Kier molecular flexibility index (Phi) is 8.43. The van der Waals surface area contributed by atoms with Crippen molar-refractivity contribution in [3.63, 3.8) is 0 Å². The van der Waals surface area contributed by atoms with E-state index in [2.05, 4.69) is 48.1 Å². The molecule has 0 fully saturated rings. The Morgan fingerprint density at radius 3 is 2.42 bits per heavy atom. The van der Waals surface area contributed by atoms with Gasteiger partial charge in [-0.1, -0.05) is 43.8 Å². The molecule has 0 bridgehead atoms. The predicted octanol–water partition coefficient (Wildman–Crippen LogP) is 5.10. The van der Waals surface area contributed by atoms with E-state index in [9.17, 15) is 9.59 Å². The van der Waals surface area contributed by atoms with Gasteiger partial charge >= 0.3 is 0 Å². The molecular weight excluding hydrogens is 436 g/mol. The van der Waals surface area contributed by atoms with Crippen molar-refractivity contribution in [1.82, 2.24) is 14.8 Å². The Balaban J connectivity index is 1.58. The van der Waals surface area contributed by atoms with Crippen LogP contribution < -0.4 is 10.1 Å². The van der Waals surface area contributed by atoms with Gasteiger partial charge in [0.1, 0.15) is 12.4 Å². The van der Waals surface area contributed by atoms with Crippen molar-refractivity contribution in [2.45, 2.75) is 45.0 Å². The maximum Gasteiger partial charge on any atom is 0.234 e. The van der Waals surface area contributed by atoms with Gasteiger partial charge in [-0.05, 0) is 54.8 Å². The molecule has 0 saturated heterocycles. The number of benzene rings is 2. The fraction of sp³-hybridized carbons (Fsp3) is 0.280. The zero-order valence-corrected chi connectivity index (χ0v) is 19.9. The van der Waals surface area contributed by atoms with Crippen LogP contribution in [-0.4, -0.2) is 32.2 Å². The number of aromatic nitrogens is 3. The minimum Gasteiger partial charge on any atom is -0.486 e. The molecule has 0 unspecified atom stereocenters. The third-order valence-electron chi connectivity index (χ3n) is 4.93. The molecule has 1 aromatic heterocycles. The molecule has 172 valence electrons. The summed E-state index contributed by atoms with van der Waals surface area (Å²) in [4.78, 5) is 23.7. The van der Waals surface area contributed by atoms with Crippen LogP contribution in [-0.2, 0) is 17.9 Å². The number of nitrogens with zero attached hydrogens (tertiary/aromatic N) is 3. The average molecular weight is 465 g/mol. The number of ether oxygens (including phenoxy) is 1. The Morgan fingerprint density at radius 2 is 1.82 bits per heavy atom. The summed E-state index contributed by atoms with van der Waals surface area (Å²) in [7, 11) is 0. The van der Waals surface area contributed by atoms with Gasteiger partial charge in [-0.25, -0.2) is 0 Å². The van der Waals surface area contributed by atoms with E-state index in [0.717, 1.165) is 5.75 Å². The minimum absolute atomic E-state index is 0.0163. The first-order chi connectivity index (χ1) is 15.9. The molecule has 0 saturated carbocycles. The van der Waals surface area contributed by atoms with E-state index in [1.165, 1.54) is 24.2 Å². The summed E-state index contributed by atoms with van der Waals surface area (Å²) in [5.41, 5.74) is 2.49. The molecule has 8 heteroatoms. The molecule has 1 amide bonds. The SMILES string of the molecule is C=CCn1c(COc2ccc(C(C)C)cc2)nnc1SCC(=O)Nc1ccc(C(C)=O)cc1. The maximum absolute atomic E-state index is 12.4. The summed E-state index contributed by atoms with van der Waals surface area (Å²) in [6.45, 7) is 10.4. The number of allylic oxidation sites excluding steroid dienone is 1. The first-order valence-electron chi connectivity index (χ1n) is 10.7. The second-order valence-corrected chi connectivity index (χ2v) is 8.72. The van der Waals surface area contributed by atoms with Gasteiger partial charge in [-0.2, -0.15) is 0 Å². The molecule has 0 radical (unpaired) electrons. The van der Waals surface area contributed by atoms with Crippen LogP contribution in [0.3, 0.4) is 0 Å². The van der Waals surface area contributed by atoms with E-state index in [-0.39, 0.29) is 24.1 Å².